The van der Waals surface area contributed by atoms with Gasteiger partial charge in [0.2, 0.25) is 5.95 Å². The third-order valence-electron chi connectivity index (χ3n) is 3.24. The molecule has 0 aromatic carbocycles. The van der Waals surface area contributed by atoms with Gasteiger partial charge in [-0.15, -0.1) is 0 Å². The highest BCUT2D eigenvalue weighted by Crippen LogP contribution is 2.30. The zero-order valence-corrected chi connectivity index (χ0v) is 10.2. The van der Waals surface area contributed by atoms with Crippen LogP contribution >= 0.6 is 0 Å². The Morgan fingerprint density at radius 1 is 1.45 bits per heavy atom. The Kier molecular flexibility index (Phi) is 2.94. The number of anilines is 1. The van der Waals surface area contributed by atoms with Gasteiger partial charge < -0.3 is 25.8 Å². The van der Waals surface area contributed by atoms with E-state index < -0.39 is 36.7 Å². The predicted octanol–water partition coefficient (Wildman–Crippen LogP) is -2.69. The monoisotopic (exact) mass is 283 g/mol. The van der Waals surface area contributed by atoms with E-state index in [1.54, 1.807) is 0 Å². The van der Waals surface area contributed by atoms with Gasteiger partial charge in [0.25, 0.3) is 5.56 Å². The molecule has 0 spiro atoms. The highest BCUT2D eigenvalue weighted by Gasteiger charge is 2.44. The van der Waals surface area contributed by atoms with Gasteiger partial charge in [-0.1, -0.05) is 0 Å². The third kappa shape index (κ3) is 1.78. The summed E-state index contributed by atoms with van der Waals surface area (Å²) in [5, 5.41) is 28.7. The molecule has 1 fully saturated rings. The first-order chi connectivity index (χ1) is 9.52. The predicted molar refractivity (Wildman–Crippen MR) is 65.6 cm³/mol. The standard InChI is InChI=1S/C10H13N5O5/c11-10-13-7-4(8(19)14-10)12-2-15(7)9-6(18)5(17)3(1-16)20-9/h2-3,5-6,9,16-18H,1H2,(H3,11,13,14,19)/t3-,5+,6?,9+/m1/s1. The number of hydrogen-bond donors (Lipinski definition) is 5. The lowest BCUT2D eigenvalue weighted by Gasteiger charge is -2.16. The first-order valence-corrected chi connectivity index (χ1v) is 5.87. The van der Waals surface area contributed by atoms with Crippen molar-refractivity contribution in [1.29, 1.82) is 0 Å². The number of hydrogen-bond acceptors (Lipinski definition) is 8. The molecule has 10 nitrogen and oxygen atoms in total. The number of nitrogens with two attached hydrogens (primary N) is 1. The number of imidazole rings is 1. The Balaban J connectivity index is 2.09. The summed E-state index contributed by atoms with van der Waals surface area (Å²) in [6.07, 6.45) is -3.21. The minimum atomic E-state index is -1.29. The number of ether oxygens (including phenoxy) is 1. The molecule has 0 bridgehead atoms. The molecule has 3 rings (SSSR count). The molecule has 2 aromatic rings. The second kappa shape index (κ2) is 4.52. The highest BCUT2D eigenvalue weighted by atomic mass is 16.6. The number of aromatic amines is 1. The zero-order valence-electron chi connectivity index (χ0n) is 10.2. The molecule has 3 heterocycles. The summed E-state index contributed by atoms with van der Waals surface area (Å²) in [7, 11) is 0. The summed E-state index contributed by atoms with van der Waals surface area (Å²) in [4.78, 5) is 21.8. The van der Waals surface area contributed by atoms with Crippen molar-refractivity contribution in [2.75, 3.05) is 12.3 Å². The fourth-order valence-corrected chi connectivity index (χ4v) is 2.24. The van der Waals surface area contributed by atoms with Gasteiger partial charge in [0.15, 0.2) is 17.4 Å². The van der Waals surface area contributed by atoms with Gasteiger partial charge >= 0.3 is 0 Å². The number of nitrogen functional groups attached to an aromatic ring is 1. The smallest absolute Gasteiger partial charge is 0.280 e. The number of H-pyrrole nitrogens is 1. The summed E-state index contributed by atoms with van der Waals surface area (Å²) < 4.78 is 6.64. The molecule has 0 amide bonds. The molecule has 4 atom stereocenters. The Morgan fingerprint density at radius 3 is 2.85 bits per heavy atom. The molecule has 1 unspecified atom stereocenters. The maximum Gasteiger partial charge on any atom is 0.280 e. The van der Waals surface area contributed by atoms with Crippen molar-refractivity contribution in [3.05, 3.63) is 16.7 Å². The van der Waals surface area contributed by atoms with E-state index in [0.29, 0.717) is 0 Å². The minimum Gasteiger partial charge on any atom is -0.394 e. The largest absolute Gasteiger partial charge is 0.394 e. The molecule has 2 aromatic heterocycles. The first-order valence-electron chi connectivity index (χ1n) is 5.87. The van der Waals surface area contributed by atoms with Gasteiger partial charge in [0, 0.05) is 0 Å². The van der Waals surface area contributed by atoms with Crippen molar-refractivity contribution < 1.29 is 20.1 Å². The van der Waals surface area contributed by atoms with Crippen molar-refractivity contribution in [3.8, 4) is 0 Å². The molecular formula is C10H13N5O5. The molecule has 0 saturated carbocycles. The van der Waals surface area contributed by atoms with Crippen LogP contribution in [0.5, 0.6) is 0 Å². The number of aliphatic hydroxyl groups is 3. The van der Waals surface area contributed by atoms with Crippen LogP contribution in [0.2, 0.25) is 0 Å². The SMILES string of the molecule is Nc1nc2c(ncn2[C@H]2O[C@H](CO)[C@H](O)C2O)c(=O)[nH]1. The second-order valence-electron chi connectivity index (χ2n) is 4.50. The summed E-state index contributed by atoms with van der Waals surface area (Å²) >= 11 is 0. The van der Waals surface area contributed by atoms with E-state index >= 15 is 0 Å². The number of aromatic nitrogens is 4. The lowest BCUT2D eigenvalue weighted by atomic mass is 10.1. The quantitative estimate of drug-likeness (QED) is 0.398. The molecule has 1 aliphatic rings. The van der Waals surface area contributed by atoms with Crippen LogP contribution in [0, 0.1) is 0 Å². The van der Waals surface area contributed by atoms with E-state index in [2.05, 4.69) is 15.0 Å². The molecular weight excluding hydrogens is 270 g/mol. The van der Waals surface area contributed by atoms with Crippen LogP contribution in [0.1, 0.15) is 6.23 Å². The topological polar surface area (TPSA) is 160 Å². The number of aliphatic hydroxyl groups excluding tert-OH is 3. The number of fused-ring (bicyclic) bond motifs is 1. The Hall–Kier alpha value is -2.01. The van der Waals surface area contributed by atoms with Gasteiger partial charge in [0.1, 0.15) is 18.3 Å². The van der Waals surface area contributed by atoms with Crippen LogP contribution in [-0.2, 0) is 4.74 Å². The fourth-order valence-electron chi connectivity index (χ4n) is 2.24. The first kappa shape index (κ1) is 13.0. The maximum atomic E-state index is 11.7. The van der Waals surface area contributed by atoms with Crippen LogP contribution in [0.4, 0.5) is 5.95 Å². The molecule has 1 aliphatic heterocycles. The Morgan fingerprint density at radius 2 is 2.20 bits per heavy atom. The minimum absolute atomic E-state index is 0.0388. The summed E-state index contributed by atoms with van der Waals surface area (Å²) in [6.45, 7) is -0.447. The zero-order chi connectivity index (χ0) is 14.4. The molecule has 1 saturated heterocycles. The molecule has 20 heavy (non-hydrogen) atoms. The van der Waals surface area contributed by atoms with Gasteiger partial charge in [0.05, 0.1) is 12.9 Å². The van der Waals surface area contributed by atoms with Crippen LogP contribution in [-0.4, -0.2) is 59.8 Å². The van der Waals surface area contributed by atoms with Crippen molar-refractivity contribution in [2.24, 2.45) is 0 Å². The Bertz CT molecular complexity index is 697. The lowest BCUT2D eigenvalue weighted by Crippen LogP contribution is -2.33. The van der Waals surface area contributed by atoms with Gasteiger partial charge in [-0.3, -0.25) is 14.3 Å². The summed E-state index contributed by atoms with van der Waals surface area (Å²) in [5.41, 5.74) is 5.12. The Labute approximate surface area is 111 Å². The fraction of sp³-hybridized carbons (Fsp3) is 0.500. The van der Waals surface area contributed by atoms with Crippen molar-refractivity contribution in [3.63, 3.8) is 0 Å². The number of rotatable bonds is 2. The third-order valence-corrected chi connectivity index (χ3v) is 3.24. The van der Waals surface area contributed by atoms with E-state index in [4.69, 9.17) is 15.6 Å². The molecule has 10 heteroatoms. The summed E-state index contributed by atoms with van der Waals surface area (Å²) in [6, 6.07) is 0. The lowest BCUT2D eigenvalue weighted by molar-refractivity contribution is -0.0511. The van der Waals surface area contributed by atoms with Crippen LogP contribution < -0.4 is 11.3 Å². The molecule has 108 valence electrons. The van der Waals surface area contributed by atoms with Crippen molar-refractivity contribution in [1.82, 2.24) is 19.5 Å². The van der Waals surface area contributed by atoms with Gasteiger partial charge in [-0.25, -0.2) is 4.98 Å². The highest BCUT2D eigenvalue weighted by molar-refractivity contribution is 5.70. The normalized spacial score (nSPS) is 30.1. The summed E-state index contributed by atoms with van der Waals surface area (Å²) in [5.74, 6) is -0.101. The van der Waals surface area contributed by atoms with Crippen LogP contribution in [0.15, 0.2) is 11.1 Å². The average molecular weight is 283 g/mol. The number of nitrogens with zero attached hydrogens (tertiary/aromatic N) is 3. The molecule has 0 aliphatic carbocycles. The van der Waals surface area contributed by atoms with E-state index in [9.17, 15) is 15.0 Å². The van der Waals surface area contributed by atoms with E-state index in [1.165, 1.54) is 10.9 Å². The molecule has 6 N–H and O–H groups in total. The second-order valence-corrected chi connectivity index (χ2v) is 4.50. The molecule has 0 radical (unpaired) electrons. The number of nitrogens with one attached hydrogen (secondary N) is 1. The van der Waals surface area contributed by atoms with Gasteiger partial charge in [-0.05, 0) is 0 Å². The average Bonchev–Trinajstić information content (AvgIpc) is 2.93. The van der Waals surface area contributed by atoms with Crippen LogP contribution in [0.25, 0.3) is 11.2 Å². The van der Waals surface area contributed by atoms with Crippen molar-refractivity contribution >= 4 is 17.1 Å². The van der Waals surface area contributed by atoms with E-state index in [1.807, 2.05) is 0 Å². The van der Waals surface area contributed by atoms with Gasteiger partial charge in [-0.2, -0.15) is 4.98 Å². The van der Waals surface area contributed by atoms with E-state index in [0.717, 1.165) is 0 Å². The van der Waals surface area contributed by atoms with Crippen LogP contribution in [0.3, 0.4) is 0 Å². The van der Waals surface area contributed by atoms with Crippen molar-refractivity contribution in [2.45, 2.75) is 24.5 Å². The van der Waals surface area contributed by atoms with E-state index in [-0.39, 0.29) is 17.1 Å². The maximum absolute atomic E-state index is 11.7.